The molecule has 0 saturated heterocycles. The summed E-state index contributed by atoms with van der Waals surface area (Å²) in [4.78, 5) is 13.6. The molecule has 0 fully saturated rings. The van der Waals surface area contributed by atoms with Gasteiger partial charge in [-0.2, -0.15) is 0 Å². The number of hydrogen-bond donors (Lipinski definition) is 1. The van der Waals surface area contributed by atoms with Crippen LogP contribution in [-0.2, 0) is 4.79 Å². The first-order valence-electron chi connectivity index (χ1n) is 7.81. The first-order chi connectivity index (χ1) is 12.4. The Balaban J connectivity index is 1.90. The summed E-state index contributed by atoms with van der Waals surface area (Å²) in [6, 6.07) is 10.4. The molecule has 3 rings (SSSR count). The van der Waals surface area contributed by atoms with Gasteiger partial charge in [-0.3, -0.25) is 4.79 Å². The van der Waals surface area contributed by atoms with Gasteiger partial charge in [-0.1, -0.05) is 52.6 Å². The Bertz CT molecular complexity index is 875. The molecule has 136 valence electrons. The number of carbonyl (C=O) groups excluding carboxylic acids is 1. The Morgan fingerprint density at radius 1 is 1.08 bits per heavy atom. The van der Waals surface area contributed by atoms with Crippen molar-refractivity contribution in [3.8, 4) is 5.75 Å². The van der Waals surface area contributed by atoms with Crippen LogP contribution >= 0.6 is 46.6 Å². The summed E-state index contributed by atoms with van der Waals surface area (Å²) in [6.07, 6.45) is 0.510. The zero-order valence-corrected chi connectivity index (χ0v) is 16.8. The molecule has 7 heteroatoms. The Morgan fingerprint density at radius 2 is 1.77 bits per heavy atom. The molecule has 0 amide bonds. The number of Topliss-reactive ketones (excluding diaryl/α,β-unsaturated/α-hetero) is 1. The largest absolute Gasteiger partial charge is 0.511 e. The second-order valence-corrected chi connectivity index (χ2v) is 8.11. The molecule has 1 aliphatic rings. The lowest BCUT2D eigenvalue weighted by Gasteiger charge is -2.25. The number of rotatable bonds is 4. The summed E-state index contributed by atoms with van der Waals surface area (Å²) >= 11 is 19.8. The van der Waals surface area contributed by atoms with Crippen molar-refractivity contribution in [1.82, 2.24) is 0 Å². The van der Waals surface area contributed by atoms with Crippen LogP contribution < -0.4 is 4.74 Å². The lowest BCUT2D eigenvalue weighted by Crippen LogP contribution is -2.17. The molecule has 0 radical (unpaired) electrons. The van der Waals surface area contributed by atoms with Crippen molar-refractivity contribution >= 4 is 52.3 Å². The maximum absolute atomic E-state index is 12.7. The number of halogens is 3. The first-order valence-corrected chi connectivity index (χ1v) is 9.76. The van der Waals surface area contributed by atoms with Crippen molar-refractivity contribution in [2.24, 2.45) is 0 Å². The molecule has 0 aliphatic heterocycles. The van der Waals surface area contributed by atoms with Crippen LogP contribution in [0, 0.1) is 0 Å². The van der Waals surface area contributed by atoms with E-state index in [0.717, 1.165) is 11.8 Å². The minimum absolute atomic E-state index is 0.0196. The Kier molecular flexibility index (Phi) is 6.08. The molecule has 2 aromatic rings. The summed E-state index contributed by atoms with van der Waals surface area (Å²) in [5.41, 5.74) is 0.694. The number of aliphatic hydroxyl groups is 1. The fourth-order valence-corrected chi connectivity index (χ4v) is 4.79. The van der Waals surface area contributed by atoms with E-state index in [9.17, 15) is 9.90 Å². The lowest BCUT2D eigenvalue weighted by molar-refractivity contribution is -0.115. The van der Waals surface area contributed by atoms with E-state index in [1.54, 1.807) is 43.5 Å². The van der Waals surface area contributed by atoms with Crippen LogP contribution in [0.3, 0.4) is 0 Å². The van der Waals surface area contributed by atoms with E-state index >= 15 is 0 Å². The quantitative estimate of drug-likeness (QED) is 0.590. The van der Waals surface area contributed by atoms with Crippen LogP contribution in [-0.4, -0.2) is 18.0 Å². The van der Waals surface area contributed by atoms with E-state index in [0.29, 0.717) is 42.6 Å². The zero-order valence-electron chi connectivity index (χ0n) is 13.8. The van der Waals surface area contributed by atoms with Crippen LogP contribution in [0.2, 0.25) is 15.1 Å². The summed E-state index contributed by atoms with van der Waals surface area (Å²) in [6.45, 7) is 0. The van der Waals surface area contributed by atoms with Crippen molar-refractivity contribution in [1.29, 1.82) is 0 Å². The highest BCUT2D eigenvalue weighted by atomic mass is 35.5. The molecule has 0 saturated carbocycles. The molecule has 1 atom stereocenters. The molecular formula is C19H15Cl3O3S. The smallest absolute Gasteiger partial charge is 0.173 e. The highest BCUT2D eigenvalue weighted by Gasteiger charge is 2.31. The molecule has 0 heterocycles. The molecule has 1 unspecified atom stereocenters. The molecule has 0 bridgehead atoms. The highest BCUT2D eigenvalue weighted by Crippen LogP contribution is 2.45. The minimum Gasteiger partial charge on any atom is -0.511 e. The van der Waals surface area contributed by atoms with Gasteiger partial charge in [-0.25, -0.2) is 0 Å². The maximum atomic E-state index is 12.7. The topological polar surface area (TPSA) is 46.5 Å². The number of methoxy groups -OCH3 is 1. The molecule has 0 aromatic heterocycles. The third kappa shape index (κ3) is 3.99. The van der Waals surface area contributed by atoms with Crippen LogP contribution in [0.4, 0.5) is 0 Å². The van der Waals surface area contributed by atoms with Gasteiger partial charge in [-0.15, -0.1) is 0 Å². The molecular weight excluding hydrogens is 415 g/mol. The summed E-state index contributed by atoms with van der Waals surface area (Å²) in [5, 5.41) is 12.0. The van der Waals surface area contributed by atoms with Crippen LogP contribution in [0.15, 0.2) is 52.0 Å². The van der Waals surface area contributed by atoms with Crippen molar-refractivity contribution < 1.29 is 14.6 Å². The fraction of sp³-hybridized carbons (Fsp3) is 0.211. The first kappa shape index (κ1) is 19.4. The normalized spacial score (nSPS) is 17.5. The number of benzene rings is 2. The van der Waals surface area contributed by atoms with Crippen LogP contribution in [0.25, 0.3) is 0 Å². The lowest BCUT2D eigenvalue weighted by atomic mass is 9.86. The number of aliphatic hydroxyl groups excluding tert-OH is 1. The third-order valence-electron chi connectivity index (χ3n) is 4.15. The predicted molar refractivity (Wildman–Crippen MR) is 107 cm³/mol. The summed E-state index contributed by atoms with van der Waals surface area (Å²) in [5.74, 6) is 0.222. The zero-order chi connectivity index (χ0) is 18.8. The molecule has 1 N–H and O–H groups in total. The number of ketones is 1. The van der Waals surface area contributed by atoms with E-state index in [1.165, 1.54) is 0 Å². The molecule has 0 spiro atoms. The number of allylic oxidation sites excluding steroid dienone is 2. The van der Waals surface area contributed by atoms with E-state index in [4.69, 9.17) is 39.5 Å². The monoisotopic (exact) mass is 428 g/mol. The van der Waals surface area contributed by atoms with Gasteiger partial charge in [0.15, 0.2) is 5.78 Å². The Labute approximate surface area is 170 Å². The minimum atomic E-state index is -0.256. The van der Waals surface area contributed by atoms with Gasteiger partial charge in [0, 0.05) is 33.7 Å². The van der Waals surface area contributed by atoms with E-state index in [1.807, 2.05) is 0 Å². The van der Waals surface area contributed by atoms with Gasteiger partial charge >= 0.3 is 0 Å². The fourth-order valence-electron chi connectivity index (χ4n) is 2.90. The van der Waals surface area contributed by atoms with E-state index in [2.05, 4.69) is 0 Å². The highest BCUT2D eigenvalue weighted by molar-refractivity contribution is 8.04. The second kappa shape index (κ2) is 8.13. The van der Waals surface area contributed by atoms with E-state index in [-0.39, 0.29) is 23.9 Å². The Hall–Kier alpha value is -1.33. The third-order valence-corrected chi connectivity index (χ3v) is 6.47. The van der Waals surface area contributed by atoms with Gasteiger partial charge < -0.3 is 9.84 Å². The molecule has 2 aromatic carbocycles. The molecule has 3 nitrogen and oxygen atoms in total. The Morgan fingerprint density at radius 3 is 2.38 bits per heavy atom. The number of hydrogen-bond acceptors (Lipinski definition) is 4. The molecule has 1 aliphatic carbocycles. The number of ether oxygens (including phenoxy) is 1. The van der Waals surface area contributed by atoms with Gasteiger partial charge in [-0.05, 0) is 35.9 Å². The van der Waals surface area contributed by atoms with Gasteiger partial charge in [0.2, 0.25) is 0 Å². The second-order valence-electron chi connectivity index (χ2n) is 5.84. The van der Waals surface area contributed by atoms with Gasteiger partial charge in [0.1, 0.15) is 11.5 Å². The van der Waals surface area contributed by atoms with Gasteiger partial charge in [0.05, 0.1) is 17.0 Å². The van der Waals surface area contributed by atoms with Crippen molar-refractivity contribution in [3.05, 3.63) is 67.7 Å². The maximum Gasteiger partial charge on any atom is 0.173 e. The molecule has 26 heavy (non-hydrogen) atoms. The SMILES string of the molecule is COc1ccc(Cl)c(SC2=C(O)CC(c3c(Cl)cccc3Cl)CC2=O)c1. The average Bonchev–Trinajstić information content (AvgIpc) is 2.59. The van der Waals surface area contributed by atoms with Crippen molar-refractivity contribution in [2.75, 3.05) is 7.11 Å². The predicted octanol–water partition coefficient (Wildman–Crippen LogP) is 6.66. The van der Waals surface area contributed by atoms with Crippen LogP contribution in [0.1, 0.15) is 24.3 Å². The summed E-state index contributed by atoms with van der Waals surface area (Å²) in [7, 11) is 1.55. The van der Waals surface area contributed by atoms with E-state index < -0.39 is 0 Å². The van der Waals surface area contributed by atoms with Crippen molar-refractivity contribution in [2.45, 2.75) is 23.7 Å². The van der Waals surface area contributed by atoms with Gasteiger partial charge in [0.25, 0.3) is 0 Å². The van der Waals surface area contributed by atoms with Crippen molar-refractivity contribution in [3.63, 3.8) is 0 Å². The number of carbonyl (C=O) groups is 1. The summed E-state index contributed by atoms with van der Waals surface area (Å²) < 4.78 is 5.19. The number of thioether (sulfide) groups is 1. The average molecular weight is 430 g/mol. The standard InChI is InChI=1S/C19H15Cl3O3S/c1-25-11-5-6-12(20)17(9-11)26-19-15(23)7-10(8-16(19)24)18-13(21)3-2-4-14(18)22/h2-6,9-10,23H,7-8H2,1H3. The van der Waals surface area contributed by atoms with Crippen LogP contribution in [0.5, 0.6) is 5.75 Å².